The van der Waals surface area contributed by atoms with Crippen molar-refractivity contribution in [3.05, 3.63) is 52.9 Å². The molecule has 0 spiro atoms. The Bertz CT molecular complexity index is 867. The second-order valence-corrected chi connectivity index (χ2v) is 4.76. The van der Waals surface area contributed by atoms with E-state index in [9.17, 15) is 9.90 Å². The van der Waals surface area contributed by atoms with Crippen LogP contribution in [0.2, 0.25) is 0 Å². The number of aromatic nitrogens is 2. The molecule has 0 saturated carbocycles. The van der Waals surface area contributed by atoms with Gasteiger partial charge in [-0.1, -0.05) is 12.1 Å². The summed E-state index contributed by atoms with van der Waals surface area (Å²) in [6, 6.07) is 10.3. The number of nitrogens with two attached hydrogens (primary N) is 1. The number of anilines is 1. The minimum atomic E-state index is -0.244. The first kappa shape index (κ1) is 13.2. The molecule has 0 aliphatic rings. The first-order chi connectivity index (χ1) is 10.1. The van der Waals surface area contributed by atoms with E-state index in [0.29, 0.717) is 17.8 Å². The number of hydrogen-bond donors (Lipinski definition) is 2. The van der Waals surface area contributed by atoms with Crippen LogP contribution in [0, 0.1) is 0 Å². The standard InChI is InChI=1S/C16H15N3O2/c1-2-19-15-12(4-3-9-18-15)13(14(17)16(19)21)10-5-7-11(20)8-6-10/h3-9,20H,2,17H2,1H3. The van der Waals surface area contributed by atoms with Gasteiger partial charge in [0.2, 0.25) is 0 Å². The van der Waals surface area contributed by atoms with Crippen molar-refractivity contribution in [3.63, 3.8) is 0 Å². The van der Waals surface area contributed by atoms with E-state index < -0.39 is 0 Å². The van der Waals surface area contributed by atoms with Crippen LogP contribution in [0.3, 0.4) is 0 Å². The molecule has 2 heterocycles. The van der Waals surface area contributed by atoms with Gasteiger partial charge in [-0.25, -0.2) is 4.98 Å². The van der Waals surface area contributed by atoms with E-state index >= 15 is 0 Å². The topological polar surface area (TPSA) is 81.1 Å². The highest BCUT2D eigenvalue weighted by molar-refractivity contribution is 5.98. The summed E-state index contributed by atoms with van der Waals surface area (Å²) in [6.45, 7) is 2.39. The molecule has 3 aromatic rings. The minimum Gasteiger partial charge on any atom is -0.508 e. The molecule has 1 aromatic carbocycles. The predicted molar refractivity (Wildman–Crippen MR) is 83.2 cm³/mol. The van der Waals surface area contributed by atoms with Gasteiger partial charge in [-0.05, 0) is 36.8 Å². The molecule has 0 saturated heterocycles. The molecular formula is C16H15N3O2. The Labute approximate surface area is 121 Å². The molecule has 0 amide bonds. The third kappa shape index (κ3) is 2.03. The molecule has 21 heavy (non-hydrogen) atoms. The maximum atomic E-state index is 12.4. The largest absolute Gasteiger partial charge is 0.508 e. The summed E-state index contributed by atoms with van der Waals surface area (Å²) in [7, 11) is 0. The molecule has 0 atom stereocenters. The Morgan fingerprint density at radius 2 is 1.95 bits per heavy atom. The molecule has 0 aliphatic carbocycles. The summed E-state index contributed by atoms with van der Waals surface area (Å²) in [5.41, 5.74) is 8.08. The lowest BCUT2D eigenvalue weighted by Crippen LogP contribution is -2.24. The lowest BCUT2D eigenvalue weighted by Gasteiger charge is -2.14. The number of hydrogen-bond acceptors (Lipinski definition) is 4. The van der Waals surface area contributed by atoms with Crippen molar-refractivity contribution < 1.29 is 5.11 Å². The maximum absolute atomic E-state index is 12.4. The number of rotatable bonds is 2. The Hall–Kier alpha value is -2.82. The molecule has 5 nitrogen and oxygen atoms in total. The van der Waals surface area contributed by atoms with Crippen LogP contribution in [0.4, 0.5) is 5.69 Å². The summed E-state index contributed by atoms with van der Waals surface area (Å²) in [6.07, 6.45) is 1.66. The van der Waals surface area contributed by atoms with Crippen molar-refractivity contribution in [2.45, 2.75) is 13.5 Å². The molecule has 3 N–H and O–H groups in total. The van der Waals surface area contributed by atoms with Crippen molar-refractivity contribution >= 4 is 16.7 Å². The SMILES string of the molecule is CCn1c(=O)c(N)c(-c2ccc(O)cc2)c2cccnc21. The second-order valence-electron chi connectivity index (χ2n) is 4.76. The molecule has 5 heteroatoms. The number of phenols is 1. The highest BCUT2D eigenvalue weighted by atomic mass is 16.3. The number of aryl methyl sites for hydroxylation is 1. The van der Waals surface area contributed by atoms with Gasteiger partial charge in [-0.2, -0.15) is 0 Å². The summed E-state index contributed by atoms with van der Waals surface area (Å²) in [5.74, 6) is 0.168. The monoisotopic (exact) mass is 281 g/mol. The first-order valence-electron chi connectivity index (χ1n) is 6.70. The van der Waals surface area contributed by atoms with E-state index in [-0.39, 0.29) is 17.0 Å². The zero-order valence-electron chi connectivity index (χ0n) is 11.6. The number of fused-ring (bicyclic) bond motifs is 1. The number of pyridine rings is 2. The van der Waals surface area contributed by atoms with Gasteiger partial charge in [-0.3, -0.25) is 9.36 Å². The zero-order chi connectivity index (χ0) is 15.0. The average molecular weight is 281 g/mol. The molecule has 0 aliphatic heterocycles. The first-order valence-corrected chi connectivity index (χ1v) is 6.70. The van der Waals surface area contributed by atoms with Crippen molar-refractivity contribution in [3.8, 4) is 16.9 Å². The van der Waals surface area contributed by atoms with Crippen molar-refractivity contribution in [1.82, 2.24) is 9.55 Å². The fourth-order valence-corrected chi connectivity index (χ4v) is 2.53. The zero-order valence-corrected chi connectivity index (χ0v) is 11.6. The van der Waals surface area contributed by atoms with Crippen LogP contribution in [0.25, 0.3) is 22.2 Å². The van der Waals surface area contributed by atoms with E-state index in [0.717, 1.165) is 10.9 Å². The number of phenolic OH excluding ortho intramolecular Hbond substituents is 1. The molecule has 0 radical (unpaired) electrons. The van der Waals surface area contributed by atoms with Crippen LogP contribution in [-0.4, -0.2) is 14.7 Å². The van der Waals surface area contributed by atoms with Gasteiger partial charge in [-0.15, -0.1) is 0 Å². The lowest BCUT2D eigenvalue weighted by molar-refractivity contribution is 0.475. The van der Waals surface area contributed by atoms with Crippen molar-refractivity contribution in [1.29, 1.82) is 0 Å². The summed E-state index contributed by atoms with van der Waals surface area (Å²) in [5, 5.41) is 10.2. The normalized spacial score (nSPS) is 10.9. The predicted octanol–water partition coefficient (Wildman–Crippen LogP) is 2.37. The molecule has 0 unspecified atom stereocenters. The van der Waals surface area contributed by atoms with Crippen LogP contribution in [0.1, 0.15) is 6.92 Å². The maximum Gasteiger partial charge on any atom is 0.275 e. The van der Waals surface area contributed by atoms with Gasteiger partial charge in [0.15, 0.2) is 0 Å². The average Bonchev–Trinajstić information content (AvgIpc) is 2.50. The Morgan fingerprint density at radius 3 is 2.62 bits per heavy atom. The van der Waals surface area contributed by atoms with Gasteiger partial charge in [0.25, 0.3) is 5.56 Å². The Morgan fingerprint density at radius 1 is 1.24 bits per heavy atom. The fourth-order valence-electron chi connectivity index (χ4n) is 2.53. The highest BCUT2D eigenvalue weighted by Crippen LogP contribution is 2.31. The van der Waals surface area contributed by atoms with Gasteiger partial charge in [0.05, 0.1) is 0 Å². The molecule has 106 valence electrons. The van der Waals surface area contributed by atoms with Gasteiger partial charge < -0.3 is 10.8 Å². The fraction of sp³-hybridized carbons (Fsp3) is 0.125. The van der Waals surface area contributed by atoms with E-state index in [4.69, 9.17) is 5.73 Å². The van der Waals surface area contributed by atoms with Crippen LogP contribution in [-0.2, 0) is 6.54 Å². The van der Waals surface area contributed by atoms with E-state index in [1.54, 1.807) is 35.0 Å². The molecule has 0 bridgehead atoms. The highest BCUT2D eigenvalue weighted by Gasteiger charge is 2.15. The van der Waals surface area contributed by atoms with Crippen molar-refractivity contribution in [2.24, 2.45) is 0 Å². The molecule has 3 rings (SSSR count). The van der Waals surface area contributed by atoms with E-state index in [1.165, 1.54) is 0 Å². The summed E-state index contributed by atoms with van der Waals surface area (Å²) in [4.78, 5) is 16.7. The van der Waals surface area contributed by atoms with Crippen molar-refractivity contribution in [2.75, 3.05) is 5.73 Å². The number of nitrogen functional groups attached to an aromatic ring is 1. The van der Waals surface area contributed by atoms with Gasteiger partial charge >= 0.3 is 0 Å². The molecule has 0 fully saturated rings. The quantitative estimate of drug-likeness (QED) is 0.755. The van der Waals surface area contributed by atoms with Crippen LogP contribution in [0.15, 0.2) is 47.4 Å². The smallest absolute Gasteiger partial charge is 0.275 e. The van der Waals surface area contributed by atoms with E-state index in [2.05, 4.69) is 4.98 Å². The van der Waals surface area contributed by atoms with E-state index in [1.807, 2.05) is 19.1 Å². The molecule has 2 aromatic heterocycles. The second kappa shape index (κ2) is 4.94. The van der Waals surface area contributed by atoms with Crippen LogP contribution >= 0.6 is 0 Å². The summed E-state index contributed by atoms with van der Waals surface area (Å²) >= 11 is 0. The van der Waals surface area contributed by atoms with Crippen LogP contribution in [0.5, 0.6) is 5.75 Å². The Balaban J connectivity index is 2.45. The Kier molecular flexibility index (Phi) is 3.10. The molecular weight excluding hydrogens is 266 g/mol. The lowest BCUT2D eigenvalue weighted by atomic mass is 10.0. The third-order valence-corrected chi connectivity index (χ3v) is 3.53. The van der Waals surface area contributed by atoms with Gasteiger partial charge in [0, 0.05) is 23.7 Å². The van der Waals surface area contributed by atoms with Gasteiger partial charge in [0.1, 0.15) is 17.1 Å². The van der Waals surface area contributed by atoms with Crippen LogP contribution < -0.4 is 11.3 Å². The number of nitrogens with zero attached hydrogens (tertiary/aromatic N) is 2. The third-order valence-electron chi connectivity index (χ3n) is 3.53. The number of benzene rings is 1. The minimum absolute atomic E-state index is 0.168. The summed E-state index contributed by atoms with van der Waals surface area (Å²) < 4.78 is 1.56. The number of aromatic hydroxyl groups is 1.